The van der Waals surface area contributed by atoms with Crippen LogP contribution in [-0.4, -0.2) is 18.2 Å². The normalized spacial score (nSPS) is 12.0. The van der Waals surface area contributed by atoms with Crippen molar-refractivity contribution < 1.29 is 17.0 Å². The van der Waals surface area contributed by atoms with Crippen LogP contribution in [0, 0.1) is 5.82 Å². The molecule has 1 aromatic heterocycles. The molecule has 0 spiro atoms. The van der Waals surface area contributed by atoms with Gasteiger partial charge >= 0.3 is 10.1 Å². The lowest BCUT2D eigenvalue weighted by molar-refractivity contribution is 0.474. The zero-order valence-electron chi connectivity index (χ0n) is 14.9. The second kappa shape index (κ2) is 7.75. The maximum atomic E-state index is 13.6. The summed E-state index contributed by atoms with van der Waals surface area (Å²) in [6.45, 7) is 3.84. The zero-order chi connectivity index (χ0) is 19.4. The van der Waals surface area contributed by atoms with Crippen molar-refractivity contribution in [3.05, 3.63) is 83.1 Å². The molecule has 0 bridgehead atoms. The predicted octanol–water partition coefficient (Wildman–Crippen LogP) is 4.51. The monoisotopic (exact) mass is 386 g/mol. The first-order valence-corrected chi connectivity index (χ1v) is 9.85. The second-order valence-electron chi connectivity index (χ2n) is 6.24. The first kappa shape index (κ1) is 18.8. The van der Waals surface area contributed by atoms with Gasteiger partial charge in [-0.25, -0.2) is 4.39 Å². The standard InChI is InChI=1S/C20H19FN2O3S/c1-15(2)19-14-20(23(22-19)18-10-6-9-17(21)13-18)26-27(24,25)12-11-16-7-4-3-5-8-16/h3-15H,1-2H3/b12-11+. The van der Waals surface area contributed by atoms with E-state index < -0.39 is 15.9 Å². The maximum absolute atomic E-state index is 13.6. The van der Waals surface area contributed by atoms with Gasteiger partial charge in [-0.15, -0.1) is 0 Å². The minimum Gasteiger partial charge on any atom is -0.358 e. The number of benzene rings is 2. The van der Waals surface area contributed by atoms with E-state index >= 15 is 0 Å². The summed E-state index contributed by atoms with van der Waals surface area (Å²) in [5.41, 5.74) is 1.74. The molecule has 0 fully saturated rings. The van der Waals surface area contributed by atoms with Crippen molar-refractivity contribution in [3.63, 3.8) is 0 Å². The van der Waals surface area contributed by atoms with Crippen LogP contribution in [-0.2, 0) is 10.1 Å². The fourth-order valence-corrected chi connectivity index (χ4v) is 3.12. The summed E-state index contributed by atoms with van der Waals surface area (Å²) in [4.78, 5) is 0. The molecule has 0 aliphatic heterocycles. The number of halogens is 1. The van der Waals surface area contributed by atoms with Gasteiger partial charge in [-0.3, -0.25) is 0 Å². The van der Waals surface area contributed by atoms with Gasteiger partial charge in [0.15, 0.2) is 0 Å². The molecular formula is C20H19FN2O3S. The second-order valence-corrected chi connectivity index (χ2v) is 7.67. The van der Waals surface area contributed by atoms with Gasteiger partial charge in [0, 0.05) is 6.07 Å². The highest BCUT2D eigenvalue weighted by Crippen LogP contribution is 2.25. The van der Waals surface area contributed by atoms with Crippen molar-refractivity contribution in [2.24, 2.45) is 0 Å². The summed E-state index contributed by atoms with van der Waals surface area (Å²) >= 11 is 0. The summed E-state index contributed by atoms with van der Waals surface area (Å²) in [6.07, 6.45) is 1.45. The van der Waals surface area contributed by atoms with Crippen LogP contribution in [0.5, 0.6) is 5.88 Å². The average molecular weight is 386 g/mol. The van der Waals surface area contributed by atoms with Crippen molar-refractivity contribution >= 4 is 16.2 Å². The Labute approximate surface area is 157 Å². The van der Waals surface area contributed by atoms with E-state index in [1.165, 1.54) is 29.0 Å². The summed E-state index contributed by atoms with van der Waals surface area (Å²) in [7, 11) is -4.02. The molecule has 140 valence electrons. The Hall–Kier alpha value is -2.93. The molecule has 1 heterocycles. The Morgan fingerprint density at radius 2 is 1.81 bits per heavy atom. The lowest BCUT2D eigenvalue weighted by atomic mass is 10.1. The SMILES string of the molecule is CC(C)c1cc(OS(=O)(=O)/C=C/c2ccccc2)n(-c2cccc(F)c2)n1. The molecule has 27 heavy (non-hydrogen) atoms. The van der Waals surface area contributed by atoms with Gasteiger partial charge in [-0.05, 0) is 35.8 Å². The van der Waals surface area contributed by atoms with E-state index in [1.54, 1.807) is 36.4 Å². The van der Waals surface area contributed by atoms with Gasteiger partial charge in [-0.2, -0.15) is 18.2 Å². The van der Waals surface area contributed by atoms with Crippen LogP contribution in [0.1, 0.15) is 31.0 Å². The van der Waals surface area contributed by atoms with Crippen molar-refractivity contribution in [2.75, 3.05) is 0 Å². The highest BCUT2D eigenvalue weighted by atomic mass is 32.2. The first-order chi connectivity index (χ1) is 12.8. The van der Waals surface area contributed by atoms with Crippen LogP contribution in [0.3, 0.4) is 0 Å². The lowest BCUT2D eigenvalue weighted by Crippen LogP contribution is -2.09. The molecular weight excluding hydrogens is 367 g/mol. The predicted molar refractivity (Wildman–Crippen MR) is 103 cm³/mol. The van der Waals surface area contributed by atoms with Gasteiger partial charge in [0.05, 0.1) is 16.8 Å². The largest absolute Gasteiger partial charge is 0.358 e. The molecule has 0 atom stereocenters. The highest BCUT2D eigenvalue weighted by Gasteiger charge is 2.18. The molecule has 2 aromatic carbocycles. The Balaban J connectivity index is 1.94. The van der Waals surface area contributed by atoms with Crippen LogP contribution < -0.4 is 4.18 Å². The molecule has 7 heteroatoms. The molecule has 0 aliphatic rings. The Bertz CT molecular complexity index is 1060. The average Bonchev–Trinajstić information content (AvgIpc) is 3.04. The summed E-state index contributed by atoms with van der Waals surface area (Å²) in [5.74, 6) is -0.404. The third-order valence-electron chi connectivity index (χ3n) is 3.77. The molecule has 0 saturated carbocycles. The first-order valence-electron chi connectivity index (χ1n) is 8.37. The fourth-order valence-electron chi connectivity index (χ4n) is 2.39. The number of hydrogen-bond acceptors (Lipinski definition) is 4. The van der Waals surface area contributed by atoms with Crippen molar-refractivity contribution in [3.8, 4) is 11.6 Å². The van der Waals surface area contributed by atoms with Gasteiger partial charge in [0.25, 0.3) is 0 Å². The molecule has 0 unspecified atom stereocenters. The van der Waals surface area contributed by atoms with Crippen molar-refractivity contribution in [1.82, 2.24) is 9.78 Å². The van der Waals surface area contributed by atoms with Crippen molar-refractivity contribution in [1.29, 1.82) is 0 Å². The van der Waals surface area contributed by atoms with E-state index in [9.17, 15) is 12.8 Å². The third-order valence-corrected chi connectivity index (χ3v) is 4.64. The van der Waals surface area contributed by atoms with E-state index in [4.69, 9.17) is 4.18 Å². The maximum Gasteiger partial charge on any atom is 0.333 e. The lowest BCUT2D eigenvalue weighted by Gasteiger charge is -2.07. The Kier molecular flexibility index (Phi) is 5.41. The molecule has 5 nitrogen and oxygen atoms in total. The number of aromatic nitrogens is 2. The number of hydrogen-bond donors (Lipinski definition) is 0. The quantitative estimate of drug-likeness (QED) is 0.585. The third kappa shape index (κ3) is 4.83. The van der Waals surface area contributed by atoms with Gasteiger partial charge in [0.1, 0.15) is 5.82 Å². The number of nitrogens with zero attached hydrogens (tertiary/aromatic N) is 2. The van der Waals surface area contributed by atoms with Gasteiger partial charge in [-0.1, -0.05) is 50.2 Å². The van der Waals surface area contributed by atoms with Crippen LogP contribution in [0.2, 0.25) is 0 Å². The summed E-state index contributed by atoms with van der Waals surface area (Å²) < 4.78 is 44.9. The minimum absolute atomic E-state index is 0.00186. The van der Waals surface area contributed by atoms with Crippen LogP contribution in [0.4, 0.5) is 4.39 Å². The molecule has 0 amide bonds. The summed E-state index contributed by atoms with van der Waals surface area (Å²) in [5, 5.41) is 5.35. The molecule has 3 aromatic rings. The summed E-state index contributed by atoms with van der Waals surface area (Å²) in [6, 6.07) is 16.3. The highest BCUT2D eigenvalue weighted by molar-refractivity contribution is 7.90. The van der Waals surface area contributed by atoms with Crippen molar-refractivity contribution in [2.45, 2.75) is 19.8 Å². The Morgan fingerprint density at radius 3 is 2.48 bits per heavy atom. The van der Waals surface area contributed by atoms with E-state index in [2.05, 4.69) is 5.10 Å². The smallest absolute Gasteiger partial charge is 0.333 e. The molecule has 0 radical (unpaired) electrons. The fraction of sp³-hybridized carbons (Fsp3) is 0.150. The molecule has 0 aliphatic carbocycles. The topological polar surface area (TPSA) is 61.2 Å². The Morgan fingerprint density at radius 1 is 1.07 bits per heavy atom. The number of rotatable bonds is 6. The molecule has 0 N–H and O–H groups in total. The molecule has 3 rings (SSSR count). The van der Waals surface area contributed by atoms with Crippen LogP contribution >= 0.6 is 0 Å². The van der Waals surface area contributed by atoms with E-state index in [0.717, 1.165) is 11.0 Å². The van der Waals surface area contributed by atoms with Gasteiger partial charge in [0.2, 0.25) is 5.88 Å². The van der Waals surface area contributed by atoms with E-state index in [1.807, 2.05) is 19.9 Å². The zero-order valence-corrected chi connectivity index (χ0v) is 15.7. The van der Waals surface area contributed by atoms with Gasteiger partial charge < -0.3 is 4.18 Å². The molecule has 0 saturated heterocycles. The van der Waals surface area contributed by atoms with Crippen LogP contribution in [0.25, 0.3) is 11.8 Å². The van der Waals surface area contributed by atoms with E-state index in [-0.39, 0.29) is 11.8 Å². The van der Waals surface area contributed by atoms with E-state index in [0.29, 0.717) is 11.4 Å². The minimum atomic E-state index is -4.02. The van der Waals surface area contributed by atoms with Crippen LogP contribution in [0.15, 0.2) is 66.1 Å².